The lowest BCUT2D eigenvalue weighted by Crippen LogP contribution is -2.41. The molecule has 2 heterocycles. The average Bonchev–Trinajstić information content (AvgIpc) is 3.40. The number of aromatic nitrogens is 2. The Morgan fingerprint density at radius 2 is 1.65 bits per heavy atom. The first kappa shape index (κ1) is 27.1. The van der Waals surface area contributed by atoms with Gasteiger partial charge in [0.05, 0.1) is 5.75 Å². The van der Waals surface area contributed by atoms with Gasteiger partial charge < -0.3 is 19.7 Å². The number of carbonyl (C=O) groups excluding carboxylic acids is 2. The van der Waals surface area contributed by atoms with E-state index in [0.29, 0.717) is 27.9 Å². The van der Waals surface area contributed by atoms with Gasteiger partial charge >= 0.3 is 0 Å². The minimum absolute atomic E-state index is 0.00469. The molecule has 1 N–H and O–H groups in total. The van der Waals surface area contributed by atoms with Crippen molar-refractivity contribution in [2.45, 2.75) is 31.6 Å². The van der Waals surface area contributed by atoms with Gasteiger partial charge in [0.25, 0.3) is 5.91 Å². The summed E-state index contributed by atoms with van der Waals surface area (Å²) in [7, 11) is 0. The Labute approximate surface area is 235 Å². The minimum atomic E-state index is -1.06. The first-order valence-corrected chi connectivity index (χ1v) is 13.6. The van der Waals surface area contributed by atoms with Crippen molar-refractivity contribution < 1.29 is 23.5 Å². The van der Waals surface area contributed by atoms with E-state index in [2.05, 4.69) is 15.3 Å². The number of amides is 2. The number of aryl methyl sites for hydroxylation is 2. The third kappa shape index (κ3) is 6.58. The molecule has 10 heteroatoms. The van der Waals surface area contributed by atoms with Crippen molar-refractivity contribution in [3.8, 4) is 11.5 Å². The molecule has 1 aromatic heterocycles. The van der Waals surface area contributed by atoms with Crippen LogP contribution in [0.15, 0.2) is 84.0 Å². The lowest BCUT2D eigenvalue weighted by Gasteiger charge is -2.31. The van der Waals surface area contributed by atoms with Crippen molar-refractivity contribution in [3.05, 3.63) is 107 Å². The number of carbonyl (C=O) groups is 2. The highest BCUT2D eigenvalue weighted by molar-refractivity contribution is 7.99. The van der Waals surface area contributed by atoms with Gasteiger partial charge in [-0.05, 0) is 55.3 Å². The summed E-state index contributed by atoms with van der Waals surface area (Å²) in [6, 6.07) is 20.9. The van der Waals surface area contributed by atoms with Crippen LogP contribution in [0.4, 0.5) is 10.1 Å². The monoisotopic (exact) mass is 558 g/mol. The number of rotatable bonds is 9. The van der Waals surface area contributed by atoms with Crippen molar-refractivity contribution in [2.24, 2.45) is 0 Å². The first-order valence-electron chi connectivity index (χ1n) is 12.6. The molecule has 0 radical (unpaired) electrons. The number of anilines is 1. The van der Waals surface area contributed by atoms with Gasteiger partial charge in [0, 0.05) is 29.7 Å². The fraction of sp³-hybridized carbons (Fsp3) is 0.200. The van der Waals surface area contributed by atoms with Gasteiger partial charge in [-0.2, -0.15) is 0 Å². The molecular formula is C30H27FN4O4S. The summed E-state index contributed by atoms with van der Waals surface area (Å²) < 4.78 is 24.7. The second-order valence-corrected chi connectivity index (χ2v) is 10.2. The van der Waals surface area contributed by atoms with Crippen molar-refractivity contribution >= 4 is 29.3 Å². The molecule has 1 aliphatic rings. The minimum Gasteiger partial charge on any atom is -0.454 e. The molecule has 2 amide bonds. The highest BCUT2D eigenvalue weighted by atomic mass is 32.2. The Kier molecular flexibility index (Phi) is 8.26. The van der Waals surface area contributed by atoms with E-state index in [1.807, 2.05) is 50.2 Å². The number of halogens is 1. The average molecular weight is 559 g/mol. The Morgan fingerprint density at radius 3 is 2.38 bits per heavy atom. The predicted molar refractivity (Wildman–Crippen MR) is 150 cm³/mol. The van der Waals surface area contributed by atoms with Crippen LogP contribution in [0, 0.1) is 19.7 Å². The van der Waals surface area contributed by atoms with Crippen LogP contribution in [-0.4, -0.2) is 39.2 Å². The van der Waals surface area contributed by atoms with Crippen LogP contribution in [0.5, 0.6) is 11.5 Å². The molecule has 0 spiro atoms. The zero-order valence-corrected chi connectivity index (χ0v) is 22.8. The van der Waals surface area contributed by atoms with E-state index < -0.39 is 17.8 Å². The van der Waals surface area contributed by atoms with E-state index in [-0.39, 0.29) is 25.0 Å². The summed E-state index contributed by atoms with van der Waals surface area (Å²) in [5, 5.41) is 3.38. The molecule has 0 bridgehead atoms. The maximum absolute atomic E-state index is 13.9. The van der Waals surface area contributed by atoms with Crippen LogP contribution in [0.25, 0.3) is 0 Å². The quantitative estimate of drug-likeness (QED) is 0.215. The van der Waals surface area contributed by atoms with Gasteiger partial charge in [-0.3, -0.25) is 9.59 Å². The molecule has 8 nitrogen and oxygen atoms in total. The molecule has 40 heavy (non-hydrogen) atoms. The van der Waals surface area contributed by atoms with Crippen LogP contribution >= 0.6 is 11.8 Å². The Balaban J connectivity index is 1.47. The number of nitrogens with one attached hydrogen (secondary N) is 1. The molecule has 3 aromatic carbocycles. The van der Waals surface area contributed by atoms with E-state index >= 15 is 0 Å². The molecule has 204 valence electrons. The summed E-state index contributed by atoms with van der Waals surface area (Å²) in [6.45, 7) is 4.00. The topological polar surface area (TPSA) is 93.7 Å². The Bertz CT molecular complexity index is 1500. The fourth-order valence-electron chi connectivity index (χ4n) is 4.37. The van der Waals surface area contributed by atoms with Crippen LogP contribution < -0.4 is 14.8 Å². The number of hydrogen-bond donors (Lipinski definition) is 1. The van der Waals surface area contributed by atoms with Crippen LogP contribution in [0.2, 0.25) is 0 Å². The van der Waals surface area contributed by atoms with Crippen LogP contribution in [-0.2, 0) is 16.1 Å². The maximum Gasteiger partial charge on any atom is 0.251 e. The van der Waals surface area contributed by atoms with Gasteiger partial charge in [-0.25, -0.2) is 14.4 Å². The SMILES string of the molecule is Cc1cc(C)nc(SCC(=O)N(Cc2ccccc2)C(C(=O)Nc2ccc3c(c2)OCO3)c2ccc(F)cc2)n1. The van der Waals surface area contributed by atoms with Crippen molar-refractivity contribution in [2.75, 3.05) is 17.9 Å². The summed E-state index contributed by atoms with van der Waals surface area (Å²) in [6.07, 6.45) is 0. The molecule has 0 saturated carbocycles. The largest absolute Gasteiger partial charge is 0.454 e. The maximum atomic E-state index is 13.9. The van der Waals surface area contributed by atoms with E-state index in [0.717, 1.165) is 17.0 Å². The van der Waals surface area contributed by atoms with Gasteiger partial charge in [0.15, 0.2) is 16.7 Å². The molecule has 4 aromatic rings. The highest BCUT2D eigenvalue weighted by Gasteiger charge is 2.32. The summed E-state index contributed by atoms with van der Waals surface area (Å²) in [4.78, 5) is 38.1. The summed E-state index contributed by atoms with van der Waals surface area (Å²) in [5.41, 5.74) is 3.39. The van der Waals surface area contributed by atoms with E-state index in [4.69, 9.17) is 9.47 Å². The van der Waals surface area contributed by atoms with Crippen LogP contribution in [0.3, 0.4) is 0 Å². The molecule has 0 aliphatic carbocycles. The number of ether oxygens (including phenoxy) is 2. The first-order chi connectivity index (χ1) is 19.4. The van der Waals surface area contributed by atoms with Crippen molar-refractivity contribution in [1.82, 2.24) is 14.9 Å². The van der Waals surface area contributed by atoms with Gasteiger partial charge in [-0.15, -0.1) is 0 Å². The van der Waals surface area contributed by atoms with E-state index in [1.54, 1.807) is 18.2 Å². The fourth-order valence-corrected chi connectivity index (χ4v) is 5.21. The number of fused-ring (bicyclic) bond motifs is 1. The molecule has 1 atom stereocenters. The number of benzene rings is 3. The third-order valence-corrected chi connectivity index (χ3v) is 7.02. The summed E-state index contributed by atoms with van der Waals surface area (Å²) >= 11 is 1.20. The molecule has 1 aliphatic heterocycles. The number of thioether (sulfide) groups is 1. The van der Waals surface area contributed by atoms with E-state index in [1.165, 1.54) is 40.9 Å². The van der Waals surface area contributed by atoms with Gasteiger partial charge in [-0.1, -0.05) is 54.2 Å². The lowest BCUT2D eigenvalue weighted by molar-refractivity contribution is -0.137. The second kappa shape index (κ2) is 12.2. The van der Waals surface area contributed by atoms with Crippen LogP contribution in [0.1, 0.15) is 28.6 Å². The molecular weight excluding hydrogens is 531 g/mol. The standard InChI is InChI=1S/C30H27FN4O4S/c1-19-14-20(2)33-30(32-19)40-17-27(36)35(16-21-6-4-3-5-7-21)28(22-8-10-23(31)11-9-22)29(37)34-24-12-13-25-26(15-24)39-18-38-25/h3-15,28H,16-18H2,1-2H3,(H,34,37). The zero-order chi connectivity index (χ0) is 28.1. The lowest BCUT2D eigenvalue weighted by atomic mass is 10.0. The highest BCUT2D eigenvalue weighted by Crippen LogP contribution is 2.35. The van der Waals surface area contributed by atoms with E-state index in [9.17, 15) is 14.0 Å². The molecule has 0 fully saturated rings. The van der Waals surface area contributed by atoms with Crippen molar-refractivity contribution in [3.63, 3.8) is 0 Å². The molecule has 5 rings (SSSR count). The predicted octanol–water partition coefficient (Wildman–Crippen LogP) is 5.46. The zero-order valence-electron chi connectivity index (χ0n) is 22.0. The molecule has 0 saturated heterocycles. The van der Waals surface area contributed by atoms with Gasteiger partial charge in [0.2, 0.25) is 12.7 Å². The summed E-state index contributed by atoms with van der Waals surface area (Å²) in [5.74, 6) is -0.0980. The van der Waals surface area contributed by atoms with Gasteiger partial charge in [0.1, 0.15) is 11.9 Å². The number of hydrogen-bond acceptors (Lipinski definition) is 7. The normalized spacial score (nSPS) is 12.6. The second-order valence-electron chi connectivity index (χ2n) is 9.24. The third-order valence-electron chi connectivity index (χ3n) is 6.19. The Hall–Kier alpha value is -4.44. The molecule has 1 unspecified atom stereocenters. The smallest absolute Gasteiger partial charge is 0.251 e. The van der Waals surface area contributed by atoms with Crippen molar-refractivity contribution in [1.29, 1.82) is 0 Å². The Morgan fingerprint density at radius 1 is 0.950 bits per heavy atom. The number of nitrogens with zero attached hydrogens (tertiary/aromatic N) is 3.